The predicted octanol–water partition coefficient (Wildman–Crippen LogP) is 2.59. The smallest absolute Gasteiger partial charge is 0.272 e. The molecule has 0 aliphatic carbocycles. The van der Waals surface area contributed by atoms with E-state index in [1.165, 1.54) is 12.3 Å². The van der Waals surface area contributed by atoms with E-state index >= 15 is 0 Å². The van der Waals surface area contributed by atoms with Gasteiger partial charge in [-0.05, 0) is 25.0 Å². The van der Waals surface area contributed by atoms with Crippen LogP contribution >= 0.6 is 0 Å². The van der Waals surface area contributed by atoms with Gasteiger partial charge in [0.1, 0.15) is 11.4 Å². The summed E-state index contributed by atoms with van der Waals surface area (Å²) in [4.78, 5) is 14.6. The summed E-state index contributed by atoms with van der Waals surface area (Å²) in [6.45, 7) is 3.88. The molecular formula is C13H14N2O2. The molecule has 88 valence electrons. The number of hydrogen-bond acceptors (Lipinski definition) is 2. The van der Waals surface area contributed by atoms with Gasteiger partial charge in [0.05, 0.1) is 0 Å². The molecule has 4 heteroatoms. The van der Waals surface area contributed by atoms with Crippen LogP contribution < -0.4 is 5.32 Å². The third kappa shape index (κ3) is 2.30. The first-order valence-corrected chi connectivity index (χ1v) is 5.33. The molecule has 0 aliphatic rings. The van der Waals surface area contributed by atoms with Gasteiger partial charge in [0, 0.05) is 18.0 Å². The van der Waals surface area contributed by atoms with Gasteiger partial charge >= 0.3 is 0 Å². The van der Waals surface area contributed by atoms with Crippen molar-refractivity contribution in [1.29, 1.82) is 0 Å². The van der Waals surface area contributed by atoms with Crippen LogP contribution in [0.2, 0.25) is 0 Å². The van der Waals surface area contributed by atoms with Crippen LogP contribution in [0.3, 0.4) is 0 Å². The van der Waals surface area contributed by atoms with Crippen molar-refractivity contribution in [2.75, 3.05) is 5.32 Å². The highest BCUT2D eigenvalue weighted by Gasteiger charge is 2.11. The molecule has 4 nitrogen and oxygen atoms in total. The first-order valence-electron chi connectivity index (χ1n) is 5.33. The van der Waals surface area contributed by atoms with Crippen molar-refractivity contribution in [3.63, 3.8) is 0 Å². The van der Waals surface area contributed by atoms with E-state index in [1.807, 2.05) is 32.0 Å². The number of amides is 1. The maximum absolute atomic E-state index is 11.9. The largest absolute Gasteiger partial charge is 0.506 e. The van der Waals surface area contributed by atoms with Crippen LogP contribution in [0.1, 0.15) is 21.6 Å². The number of nitrogens with one attached hydrogen (secondary N) is 2. The van der Waals surface area contributed by atoms with E-state index in [9.17, 15) is 4.79 Å². The van der Waals surface area contributed by atoms with Gasteiger partial charge in [-0.15, -0.1) is 0 Å². The van der Waals surface area contributed by atoms with Crippen LogP contribution in [0, 0.1) is 13.8 Å². The zero-order valence-electron chi connectivity index (χ0n) is 9.74. The second-order valence-corrected chi connectivity index (χ2v) is 3.99. The standard InChI is InChI=1S/C13H14N2O2/c1-8-4-3-5-9(2)12(8)15-13(17)11-6-10(16)7-14-11/h3-7,14,16H,1-2H3,(H,15,17). The minimum Gasteiger partial charge on any atom is -0.506 e. The van der Waals surface area contributed by atoms with E-state index in [0.29, 0.717) is 5.69 Å². The zero-order chi connectivity index (χ0) is 12.4. The molecule has 0 aliphatic heterocycles. The second kappa shape index (κ2) is 4.33. The second-order valence-electron chi connectivity index (χ2n) is 3.99. The Labute approximate surface area is 99.3 Å². The molecule has 0 spiro atoms. The summed E-state index contributed by atoms with van der Waals surface area (Å²) in [6, 6.07) is 7.22. The van der Waals surface area contributed by atoms with Crippen molar-refractivity contribution in [2.24, 2.45) is 0 Å². The van der Waals surface area contributed by atoms with E-state index < -0.39 is 0 Å². The number of aromatic nitrogens is 1. The zero-order valence-corrected chi connectivity index (χ0v) is 9.74. The van der Waals surface area contributed by atoms with E-state index in [0.717, 1.165) is 16.8 Å². The topological polar surface area (TPSA) is 65.1 Å². The predicted molar refractivity (Wildman–Crippen MR) is 66.3 cm³/mol. The number of H-pyrrole nitrogens is 1. The highest BCUT2D eigenvalue weighted by molar-refractivity contribution is 6.04. The Kier molecular flexibility index (Phi) is 2.87. The van der Waals surface area contributed by atoms with Gasteiger partial charge in [-0.2, -0.15) is 0 Å². The summed E-state index contributed by atoms with van der Waals surface area (Å²) in [5, 5.41) is 12.0. The SMILES string of the molecule is Cc1cccc(C)c1NC(=O)c1cc(O)c[nH]1. The van der Waals surface area contributed by atoms with Crippen molar-refractivity contribution in [3.05, 3.63) is 47.3 Å². The fraction of sp³-hybridized carbons (Fsp3) is 0.154. The lowest BCUT2D eigenvalue weighted by atomic mass is 10.1. The Balaban J connectivity index is 2.24. The molecule has 0 radical (unpaired) electrons. The van der Waals surface area contributed by atoms with Gasteiger partial charge in [-0.1, -0.05) is 18.2 Å². The van der Waals surface area contributed by atoms with Crippen molar-refractivity contribution in [3.8, 4) is 5.75 Å². The fourth-order valence-corrected chi connectivity index (χ4v) is 1.71. The molecule has 1 aromatic heterocycles. The number of aryl methyl sites for hydroxylation is 2. The summed E-state index contributed by atoms with van der Waals surface area (Å²) in [5.41, 5.74) is 3.17. The molecule has 0 fully saturated rings. The third-order valence-electron chi connectivity index (χ3n) is 2.63. The Morgan fingerprint density at radius 3 is 2.47 bits per heavy atom. The van der Waals surface area contributed by atoms with E-state index in [1.54, 1.807) is 0 Å². The molecule has 0 atom stereocenters. The number of aromatic hydroxyl groups is 1. The average molecular weight is 230 g/mol. The number of rotatable bonds is 2. The third-order valence-corrected chi connectivity index (χ3v) is 2.63. The molecule has 0 bridgehead atoms. The Bertz CT molecular complexity index is 538. The lowest BCUT2D eigenvalue weighted by molar-refractivity contribution is 0.102. The highest BCUT2D eigenvalue weighted by atomic mass is 16.3. The normalized spacial score (nSPS) is 10.2. The number of anilines is 1. The molecule has 17 heavy (non-hydrogen) atoms. The summed E-state index contributed by atoms with van der Waals surface area (Å²) in [5.74, 6) is -0.209. The van der Waals surface area contributed by atoms with Gasteiger partial charge in [0.15, 0.2) is 0 Å². The Morgan fingerprint density at radius 2 is 1.94 bits per heavy atom. The molecular weight excluding hydrogens is 216 g/mol. The van der Waals surface area contributed by atoms with Gasteiger partial charge in [-0.25, -0.2) is 0 Å². The maximum atomic E-state index is 11.9. The lowest BCUT2D eigenvalue weighted by Gasteiger charge is -2.10. The highest BCUT2D eigenvalue weighted by Crippen LogP contribution is 2.20. The monoisotopic (exact) mass is 230 g/mol. The number of para-hydroxylation sites is 1. The molecule has 2 aromatic rings. The molecule has 0 saturated heterocycles. The van der Waals surface area contributed by atoms with Gasteiger partial charge in [0.25, 0.3) is 5.91 Å². The van der Waals surface area contributed by atoms with Crippen molar-refractivity contribution in [1.82, 2.24) is 4.98 Å². The molecule has 1 amide bonds. The van der Waals surface area contributed by atoms with Crippen LogP contribution in [0.4, 0.5) is 5.69 Å². The number of benzene rings is 1. The number of hydrogen-bond donors (Lipinski definition) is 3. The molecule has 2 rings (SSSR count). The van der Waals surface area contributed by atoms with Crippen LogP contribution in [-0.4, -0.2) is 16.0 Å². The molecule has 0 saturated carbocycles. The van der Waals surface area contributed by atoms with Crippen molar-refractivity contribution >= 4 is 11.6 Å². The van der Waals surface area contributed by atoms with Crippen LogP contribution in [0.5, 0.6) is 5.75 Å². The molecule has 0 unspecified atom stereocenters. The van der Waals surface area contributed by atoms with Gasteiger partial charge in [0.2, 0.25) is 0 Å². The quantitative estimate of drug-likeness (QED) is 0.742. The van der Waals surface area contributed by atoms with Crippen LogP contribution in [0.25, 0.3) is 0 Å². The number of aromatic amines is 1. The van der Waals surface area contributed by atoms with Crippen LogP contribution in [-0.2, 0) is 0 Å². The van der Waals surface area contributed by atoms with Gasteiger partial charge < -0.3 is 15.4 Å². The van der Waals surface area contributed by atoms with Crippen LogP contribution in [0.15, 0.2) is 30.5 Å². The summed E-state index contributed by atoms with van der Waals surface area (Å²) in [7, 11) is 0. The molecule has 1 aromatic carbocycles. The van der Waals surface area contributed by atoms with Gasteiger partial charge in [-0.3, -0.25) is 4.79 Å². The lowest BCUT2D eigenvalue weighted by Crippen LogP contribution is -2.14. The first-order chi connectivity index (χ1) is 8.08. The summed E-state index contributed by atoms with van der Waals surface area (Å²) in [6.07, 6.45) is 1.37. The van der Waals surface area contributed by atoms with E-state index in [4.69, 9.17) is 5.11 Å². The minimum absolute atomic E-state index is 0.0525. The van der Waals surface area contributed by atoms with Crippen molar-refractivity contribution < 1.29 is 9.90 Å². The number of carbonyl (C=O) groups is 1. The molecule has 1 heterocycles. The number of carbonyl (C=O) groups excluding carboxylic acids is 1. The Morgan fingerprint density at radius 1 is 1.29 bits per heavy atom. The minimum atomic E-state index is -0.261. The Hall–Kier alpha value is -2.23. The summed E-state index contributed by atoms with van der Waals surface area (Å²) < 4.78 is 0. The van der Waals surface area contributed by atoms with E-state index in [-0.39, 0.29) is 11.7 Å². The van der Waals surface area contributed by atoms with Crippen molar-refractivity contribution in [2.45, 2.75) is 13.8 Å². The van der Waals surface area contributed by atoms with E-state index in [2.05, 4.69) is 10.3 Å². The summed E-state index contributed by atoms with van der Waals surface area (Å²) >= 11 is 0. The molecule has 3 N–H and O–H groups in total. The average Bonchev–Trinajstić information content (AvgIpc) is 2.70. The first kappa shape index (κ1) is 11.3. The fourth-order valence-electron chi connectivity index (χ4n) is 1.71. The maximum Gasteiger partial charge on any atom is 0.272 e.